The topological polar surface area (TPSA) is 64.1 Å². The van der Waals surface area contributed by atoms with E-state index in [0.717, 1.165) is 11.1 Å². The largest absolute Gasteiger partial charge is 0.394 e. The number of aliphatic hydroxyl groups is 1. The van der Waals surface area contributed by atoms with E-state index in [9.17, 15) is 19.1 Å². The number of carbonyl (C=O) groups is 2. The third-order valence-electron chi connectivity index (χ3n) is 6.05. The van der Waals surface area contributed by atoms with Crippen LogP contribution >= 0.6 is 0 Å². The van der Waals surface area contributed by atoms with Gasteiger partial charge in [-0.2, -0.15) is 0 Å². The minimum absolute atomic E-state index is 0.0453. The lowest BCUT2D eigenvalue weighted by Gasteiger charge is -2.58. The van der Waals surface area contributed by atoms with Crippen molar-refractivity contribution in [3.8, 4) is 11.8 Å². The van der Waals surface area contributed by atoms with Crippen LogP contribution in [0.15, 0.2) is 48.5 Å². The second-order valence-corrected chi connectivity index (χ2v) is 8.50. The Morgan fingerprint density at radius 1 is 1.16 bits per heavy atom. The number of halogens is 1. The van der Waals surface area contributed by atoms with Gasteiger partial charge in [-0.05, 0) is 56.1 Å². The normalized spacial score (nSPS) is 22.2. The molecule has 0 saturated carbocycles. The number of nitrogens with zero attached hydrogens (tertiary/aromatic N) is 3. The summed E-state index contributed by atoms with van der Waals surface area (Å²) >= 11 is 0. The van der Waals surface area contributed by atoms with Crippen LogP contribution < -0.4 is 0 Å². The first-order chi connectivity index (χ1) is 15.4. The second-order valence-electron chi connectivity index (χ2n) is 8.50. The van der Waals surface area contributed by atoms with Gasteiger partial charge in [0.15, 0.2) is 0 Å². The maximum absolute atomic E-state index is 13.2. The molecule has 4 rings (SSSR count). The zero-order valence-electron chi connectivity index (χ0n) is 18.2. The van der Waals surface area contributed by atoms with Crippen molar-refractivity contribution in [2.75, 3.05) is 40.3 Å². The van der Waals surface area contributed by atoms with E-state index in [-0.39, 0.29) is 43.0 Å². The maximum atomic E-state index is 13.2. The molecular weight excluding hydrogens is 409 g/mol. The Hall–Kier alpha value is -3.21. The first-order valence-corrected chi connectivity index (χ1v) is 10.6. The number of carbonyl (C=O) groups excluding carboxylic acids is 2. The molecule has 3 atom stereocenters. The predicted molar refractivity (Wildman–Crippen MR) is 118 cm³/mol. The van der Waals surface area contributed by atoms with Crippen molar-refractivity contribution in [3.05, 3.63) is 71.0 Å². The van der Waals surface area contributed by atoms with Crippen molar-refractivity contribution in [1.82, 2.24) is 14.7 Å². The summed E-state index contributed by atoms with van der Waals surface area (Å²) in [6.07, 6.45) is 0. The summed E-state index contributed by atoms with van der Waals surface area (Å²) in [4.78, 5) is 30.9. The number of hydrogen-bond donors (Lipinski definition) is 1. The molecule has 2 amide bonds. The van der Waals surface area contributed by atoms with Crippen molar-refractivity contribution in [2.45, 2.75) is 18.0 Å². The Morgan fingerprint density at radius 2 is 1.84 bits per heavy atom. The quantitative estimate of drug-likeness (QED) is 0.741. The third-order valence-corrected chi connectivity index (χ3v) is 6.05. The highest BCUT2D eigenvalue weighted by molar-refractivity contribution is 5.97. The van der Waals surface area contributed by atoms with Gasteiger partial charge in [0.25, 0.3) is 5.91 Å². The molecule has 2 aliphatic rings. The van der Waals surface area contributed by atoms with Gasteiger partial charge in [-0.25, -0.2) is 4.39 Å². The van der Waals surface area contributed by atoms with E-state index >= 15 is 0 Å². The highest BCUT2D eigenvalue weighted by Crippen LogP contribution is 2.43. The van der Waals surface area contributed by atoms with Gasteiger partial charge < -0.3 is 14.9 Å². The minimum Gasteiger partial charge on any atom is -0.394 e. The van der Waals surface area contributed by atoms with Gasteiger partial charge in [0.1, 0.15) is 12.4 Å². The second kappa shape index (κ2) is 9.11. The summed E-state index contributed by atoms with van der Waals surface area (Å²) in [5.74, 6) is 5.26. The molecule has 0 bridgehead atoms. The maximum Gasteiger partial charge on any atom is 0.254 e. The summed E-state index contributed by atoms with van der Waals surface area (Å²) in [5, 5.41) is 9.94. The smallest absolute Gasteiger partial charge is 0.254 e. The first kappa shape index (κ1) is 22.0. The molecule has 2 saturated heterocycles. The molecule has 0 radical (unpaired) electrons. The highest BCUT2D eigenvalue weighted by atomic mass is 19.1. The Morgan fingerprint density at radius 3 is 2.47 bits per heavy atom. The molecule has 7 heteroatoms. The molecule has 2 aromatic rings. The summed E-state index contributed by atoms with van der Waals surface area (Å²) in [7, 11) is 3.93. The average Bonchev–Trinajstić information content (AvgIpc) is 2.76. The number of amides is 2. The van der Waals surface area contributed by atoms with Gasteiger partial charge in [0, 0.05) is 23.6 Å². The van der Waals surface area contributed by atoms with Crippen molar-refractivity contribution in [1.29, 1.82) is 0 Å². The molecule has 0 aliphatic carbocycles. The number of piperazine rings is 1. The van der Waals surface area contributed by atoms with Crippen LogP contribution in [-0.4, -0.2) is 84.0 Å². The highest BCUT2D eigenvalue weighted by Gasteiger charge is 2.54. The molecule has 0 aromatic heterocycles. The Labute approximate surface area is 187 Å². The Bertz CT molecular complexity index is 1060. The predicted octanol–water partition coefficient (Wildman–Crippen LogP) is 1.55. The van der Waals surface area contributed by atoms with Gasteiger partial charge in [-0.15, -0.1) is 0 Å². The molecule has 166 valence electrons. The molecule has 0 spiro atoms. The lowest BCUT2D eigenvalue weighted by Crippen LogP contribution is -2.73. The minimum atomic E-state index is -0.415. The molecule has 2 aliphatic heterocycles. The standard InChI is InChI=1S/C25H26FN3O3/c1-27(2)13-3-4-17-5-7-18(8-6-17)24-21-14-28(15-23(31)29(21)22(24)16-30)25(32)19-9-11-20(26)12-10-19/h5-12,21-22,24,30H,13-16H2,1-2H3/t21-,22+,24-/m1/s1. The summed E-state index contributed by atoms with van der Waals surface area (Å²) in [5.41, 5.74) is 2.26. The lowest BCUT2D eigenvalue weighted by atomic mass is 9.73. The molecule has 0 unspecified atom stereocenters. The van der Waals surface area contributed by atoms with Crippen LogP contribution in [0.5, 0.6) is 0 Å². The fourth-order valence-corrected chi connectivity index (χ4v) is 4.52. The number of benzene rings is 2. The first-order valence-electron chi connectivity index (χ1n) is 10.6. The van der Waals surface area contributed by atoms with Crippen LogP contribution in [-0.2, 0) is 4.79 Å². The fraction of sp³-hybridized carbons (Fsp3) is 0.360. The summed E-state index contributed by atoms with van der Waals surface area (Å²) < 4.78 is 13.2. The van der Waals surface area contributed by atoms with Crippen LogP contribution in [0.25, 0.3) is 0 Å². The summed E-state index contributed by atoms with van der Waals surface area (Å²) in [6.45, 7) is 0.862. The molecule has 6 nitrogen and oxygen atoms in total. The van der Waals surface area contributed by atoms with Crippen molar-refractivity contribution in [3.63, 3.8) is 0 Å². The van der Waals surface area contributed by atoms with E-state index in [1.54, 1.807) is 4.90 Å². The molecular formula is C25H26FN3O3. The monoisotopic (exact) mass is 435 g/mol. The van der Waals surface area contributed by atoms with E-state index in [1.807, 2.05) is 43.3 Å². The van der Waals surface area contributed by atoms with Gasteiger partial charge in [0.05, 0.1) is 25.2 Å². The lowest BCUT2D eigenvalue weighted by molar-refractivity contribution is -0.159. The molecule has 32 heavy (non-hydrogen) atoms. The van der Waals surface area contributed by atoms with Gasteiger partial charge in [-0.3, -0.25) is 14.5 Å². The van der Waals surface area contributed by atoms with Crippen LogP contribution in [0.3, 0.4) is 0 Å². The fourth-order valence-electron chi connectivity index (χ4n) is 4.52. The van der Waals surface area contributed by atoms with Crippen LogP contribution in [0, 0.1) is 17.7 Å². The number of rotatable bonds is 4. The van der Waals surface area contributed by atoms with Gasteiger partial charge >= 0.3 is 0 Å². The Balaban J connectivity index is 1.52. The molecule has 1 N–H and O–H groups in total. The van der Waals surface area contributed by atoms with E-state index in [4.69, 9.17) is 0 Å². The zero-order chi connectivity index (χ0) is 22.8. The third kappa shape index (κ3) is 4.24. The van der Waals surface area contributed by atoms with Crippen molar-refractivity contribution in [2.24, 2.45) is 0 Å². The van der Waals surface area contributed by atoms with Crippen molar-refractivity contribution < 1.29 is 19.1 Å². The van der Waals surface area contributed by atoms with Crippen LogP contribution in [0.1, 0.15) is 27.4 Å². The van der Waals surface area contributed by atoms with Crippen LogP contribution in [0.4, 0.5) is 4.39 Å². The average molecular weight is 435 g/mol. The molecule has 2 fully saturated rings. The molecule has 2 aromatic carbocycles. The van der Waals surface area contributed by atoms with E-state index in [0.29, 0.717) is 18.7 Å². The number of fused-ring (bicyclic) bond motifs is 1. The number of hydrogen-bond acceptors (Lipinski definition) is 4. The Kier molecular flexibility index (Phi) is 6.26. The van der Waals surface area contributed by atoms with Gasteiger partial charge in [0.2, 0.25) is 5.91 Å². The van der Waals surface area contributed by atoms with Crippen molar-refractivity contribution >= 4 is 11.8 Å². The van der Waals surface area contributed by atoms with Crippen LogP contribution in [0.2, 0.25) is 0 Å². The summed E-state index contributed by atoms with van der Waals surface area (Å²) in [6, 6.07) is 12.7. The zero-order valence-corrected chi connectivity index (χ0v) is 18.2. The van der Waals surface area contributed by atoms with E-state index < -0.39 is 5.82 Å². The van der Waals surface area contributed by atoms with Gasteiger partial charge in [-0.1, -0.05) is 24.0 Å². The van der Waals surface area contributed by atoms with E-state index in [2.05, 4.69) is 11.8 Å². The number of aliphatic hydroxyl groups excluding tert-OH is 1. The van der Waals surface area contributed by atoms with E-state index in [1.165, 1.54) is 29.2 Å². The molecule has 2 heterocycles. The SMILES string of the molecule is CN(C)CC#Cc1ccc([C@@H]2[C@H]3CN(C(=O)c4ccc(F)cc4)CC(=O)N3[C@H]2CO)cc1.